The first kappa shape index (κ1) is 14.3. The van der Waals surface area contributed by atoms with Crippen molar-refractivity contribution in [3.05, 3.63) is 52.4 Å². The first-order valence-corrected chi connectivity index (χ1v) is 7.44. The standard InChI is InChI=1S/C16H18ClN3O/c1-11-5-3-4-6-13(11)14-10-20(7-8-21-14)16-9-15(17)18-12(2)19-16/h3-6,9,14H,7-8,10H2,1-2H3. The van der Waals surface area contributed by atoms with Crippen LogP contribution in [0.2, 0.25) is 5.15 Å². The number of aryl methyl sites for hydroxylation is 2. The molecular formula is C16H18ClN3O. The minimum Gasteiger partial charge on any atom is -0.370 e. The third-order valence-electron chi connectivity index (χ3n) is 3.72. The minimum atomic E-state index is 0.0639. The Balaban J connectivity index is 1.84. The molecule has 1 fully saturated rings. The fourth-order valence-electron chi connectivity index (χ4n) is 2.67. The van der Waals surface area contributed by atoms with E-state index in [1.165, 1.54) is 11.1 Å². The van der Waals surface area contributed by atoms with Crippen LogP contribution in [0, 0.1) is 13.8 Å². The summed E-state index contributed by atoms with van der Waals surface area (Å²) in [7, 11) is 0. The second-order valence-corrected chi connectivity index (χ2v) is 5.65. The van der Waals surface area contributed by atoms with Gasteiger partial charge in [-0.15, -0.1) is 0 Å². The van der Waals surface area contributed by atoms with Gasteiger partial charge in [0.15, 0.2) is 0 Å². The molecule has 0 aliphatic carbocycles. The number of benzene rings is 1. The van der Waals surface area contributed by atoms with Crippen molar-refractivity contribution in [1.82, 2.24) is 9.97 Å². The molecule has 1 aromatic carbocycles. The van der Waals surface area contributed by atoms with Crippen molar-refractivity contribution in [2.45, 2.75) is 20.0 Å². The predicted molar refractivity (Wildman–Crippen MR) is 83.9 cm³/mol. The van der Waals surface area contributed by atoms with Crippen molar-refractivity contribution in [2.75, 3.05) is 24.6 Å². The number of rotatable bonds is 2. The van der Waals surface area contributed by atoms with E-state index in [1.807, 2.05) is 19.1 Å². The fraction of sp³-hybridized carbons (Fsp3) is 0.375. The molecule has 5 heteroatoms. The highest BCUT2D eigenvalue weighted by Gasteiger charge is 2.24. The Morgan fingerprint density at radius 1 is 1.24 bits per heavy atom. The quantitative estimate of drug-likeness (QED) is 0.798. The van der Waals surface area contributed by atoms with Gasteiger partial charge in [-0.05, 0) is 25.0 Å². The summed E-state index contributed by atoms with van der Waals surface area (Å²) in [5.41, 5.74) is 2.49. The topological polar surface area (TPSA) is 38.2 Å². The summed E-state index contributed by atoms with van der Waals surface area (Å²) in [6.07, 6.45) is 0.0639. The molecule has 0 bridgehead atoms. The van der Waals surface area contributed by atoms with Crippen LogP contribution in [-0.2, 0) is 4.74 Å². The van der Waals surface area contributed by atoms with Crippen LogP contribution in [0.1, 0.15) is 23.1 Å². The van der Waals surface area contributed by atoms with Gasteiger partial charge in [0.05, 0.1) is 6.61 Å². The van der Waals surface area contributed by atoms with Gasteiger partial charge in [-0.25, -0.2) is 9.97 Å². The van der Waals surface area contributed by atoms with E-state index < -0.39 is 0 Å². The molecule has 1 aliphatic rings. The Hall–Kier alpha value is -1.65. The molecule has 0 spiro atoms. The van der Waals surface area contributed by atoms with Crippen LogP contribution < -0.4 is 4.90 Å². The summed E-state index contributed by atoms with van der Waals surface area (Å²) in [6, 6.07) is 10.2. The largest absolute Gasteiger partial charge is 0.370 e. The van der Waals surface area contributed by atoms with Crippen LogP contribution in [-0.4, -0.2) is 29.7 Å². The number of ether oxygens (including phenoxy) is 1. The number of halogens is 1. The molecule has 1 aliphatic heterocycles. The Morgan fingerprint density at radius 2 is 2.05 bits per heavy atom. The van der Waals surface area contributed by atoms with E-state index in [4.69, 9.17) is 16.3 Å². The van der Waals surface area contributed by atoms with Gasteiger partial charge in [0.2, 0.25) is 0 Å². The molecule has 110 valence electrons. The third kappa shape index (κ3) is 3.17. The summed E-state index contributed by atoms with van der Waals surface area (Å²) >= 11 is 6.04. The third-order valence-corrected chi connectivity index (χ3v) is 3.91. The fourth-order valence-corrected chi connectivity index (χ4v) is 2.89. The molecule has 1 saturated heterocycles. The average molecular weight is 304 g/mol. The van der Waals surface area contributed by atoms with Crippen LogP contribution >= 0.6 is 11.6 Å². The van der Waals surface area contributed by atoms with Crippen molar-refractivity contribution >= 4 is 17.4 Å². The van der Waals surface area contributed by atoms with Gasteiger partial charge in [0, 0.05) is 19.2 Å². The maximum atomic E-state index is 6.04. The maximum absolute atomic E-state index is 6.04. The van der Waals surface area contributed by atoms with Crippen LogP contribution in [0.15, 0.2) is 30.3 Å². The molecular weight excluding hydrogens is 286 g/mol. The van der Waals surface area contributed by atoms with Crippen molar-refractivity contribution in [1.29, 1.82) is 0 Å². The molecule has 1 unspecified atom stereocenters. The average Bonchev–Trinajstić information content (AvgIpc) is 2.47. The van der Waals surface area contributed by atoms with Gasteiger partial charge in [0.25, 0.3) is 0 Å². The Bertz CT molecular complexity index is 627. The van der Waals surface area contributed by atoms with Crippen LogP contribution in [0.25, 0.3) is 0 Å². The lowest BCUT2D eigenvalue weighted by Gasteiger charge is -2.34. The van der Waals surface area contributed by atoms with E-state index in [0.717, 1.165) is 18.9 Å². The molecule has 2 heterocycles. The zero-order valence-corrected chi connectivity index (χ0v) is 13.0. The van der Waals surface area contributed by atoms with Crippen molar-refractivity contribution < 1.29 is 4.74 Å². The number of hydrogen-bond donors (Lipinski definition) is 0. The molecule has 4 nitrogen and oxygen atoms in total. The molecule has 0 saturated carbocycles. The van der Waals surface area contributed by atoms with Crippen molar-refractivity contribution in [3.8, 4) is 0 Å². The summed E-state index contributed by atoms with van der Waals surface area (Å²) < 4.78 is 5.94. The Kier molecular flexibility index (Phi) is 4.08. The van der Waals surface area contributed by atoms with Gasteiger partial charge < -0.3 is 9.64 Å². The minimum absolute atomic E-state index is 0.0639. The zero-order valence-electron chi connectivity index (χ0n) is 12.2. The van der Waals surface area contributed by atoms with Gasteiger partial charge in [-0.1, -0.05) is 35.9 Å². The van der Waals surface area contributed by atoms with Crippen LogP contribution in [0.3, 0.4) is 0 Å². The van der Waals surface area contributed by atoms with Gasteiger partial charge in [-0.3, -0.25) is 0 Å². The maximum Gasteiger partial charge on any atom is 0.134 e. The molecule has 2 aromatic rings. The van der Waals surface area contributed by atoms with Gasteiger partial charge in [-0.2, -0.15) is 0 Å². The SMILES string of the molecule is Cc1nc(Cl)cc(N2CCOC(c3ccccc3C)C2)n1. The Morgan fingerprint density at radius 3 is 2.81 bits per heavy atom. The summed E-state index contributed by atoms with van der Waals surface area (Å²) in [5, 5.41) is 0.483. The molecule has 0 N–H and O–H groups in total. The first-order chi connectivity index (χ1) is 10.1. The second-order valence-electron chi connectivity index (χ2n) is 5.26. The lowest BCUT2D eigenvalue weighted by atomic mass is 10.0. The first-order valence-electron chi connectivity index (χ1n) is 7.07. The second kappa shape index (κ2) is 6.00. The molecule has 1 atom stereocenters. The number of anilines is 1. The number of morpholine rings is 1. The summed E-state index contributed by atoms with van der Waals surface area (Å²) in [5.74, 6) is 1.56. The molecule has 0 radical (unpaired) electrons. The van der Waals surface area contributed by atoms with E-state index >= 15 is 0 Å². The summed E-state index contributed by atoms with van der Waals surface area (Å²) in [4.78, 5) is 10.8. The molecule has 3 rings (SSSR count). The molecule has 1 aromatic heterocycles. The molecule has 21 heavy (non-hydrogen) atoms. The highest BCUT2D eigenvalue weighted by molar-refractivity contribution is 6.29. The highest BCUT2D eigenvalue weighted by atomic mass is 35.5. The van der Waals surface area contributed by atoms with Gasteiger partial charge >= 0.3 is 0 Å². The van der Waals surface area contributed by atoms with E-state index in [-0.39, 0.29) is 6.10 Å². The Labute approximate surface area is 129 Å². The van der Waals surface area contributed by atoms with E-state index in [2.05, 4.69) is 40.0 Å². The van der Waals surface area contributed by atoms with Crippen LogP contribution in [0.4, 0.5) is 5.82 Å². The molecule has 0 amide bonds. The summed E-state index contributed by atoms with van der Waals surface area (Å²) in [6.45, 7) is 6.24. The monoisotopic (exact) mass is 303 g/mol. The smallest absolute Gasteiger partial charge is 0.134 e. The number of hydrogen-bond acceptors (Lipinski definition) is 4. The van der Waals surface area contributed by atoms with E-state index in [0.29, 0.717) is 17.6 Å². The normalized spacial score (nSPS) is 18.8. The zero-order chi connectivity index (χ0) is 14.8. The van der Waals surface area contributed by atoms with Gasteiger partial charge in [0.1, 0.15) is 22.9 Å². The van der Waals surface area contributed by atoms with Crippen LogP contribution in [0.5, 0.6) is 0 Å². The number of aromatic nitrogens is 2. The number of nitrogens with zero attached hydrogens (tertiary/aromatic N) is 3. The van der Waals surface area contributed by atoms with E-state index in [1.54, 1.807) is 0 Å². The lowest BCUT2D eigenvalue weighted by molar-refractivity contribution is 0.0391. The predicted octanol–water partition coefficient (Wildman–Crippen LogP) is 3.32. The van der Waals surface area contributed by atoms with E-state index in [9.17, 15) is 0 Å². The van der Waals surface area contributed by atoms with Crippen molar-refractivity contribution in [2.24, 2.45) is 0 Å². The van der Waals surface area contributed by atoms with Crippen molar-refractivity contribution in [3.63, 3.8) is 0 Å². The lowest BCUT2D eigenvalue weighted by Crippen LogP contribution is -2.39. The highest BCUT2D eigenvalue weighted by Crippen LogP contribution is 2.27.